The van der Waals surface area contributed by atoms with Crippen molar-refractivity contribution in [2.24, 2.45) is 5.92 Å². The zero-order chi connectivity index (χ0) is 12.7. The molecule has 1 fully saturated rings. The fourth-order valence-electron chi connectivity index (χ4n) is 2.69. The van der Waals surface area contributed by atoms with Gasteiger partial charge in [-0.05, 0) is 38.5 Å². The molecule has 3 nitrogen and oxygen atoms in total. The van der Waals surface area contributed by atoms with Crippen LogP contribution in [0.2, 0.25) is 0 Å². The number of carbonyl (C=O) groups is 1. The molecular weight excluding hydrogens is 216 g/mol. The van der Waals surface area contributed by atoms with Crippen LogP contribution in [0.3, 0.4) is 0 Å². The van der Waals surface area contributed by atoms with Gasteiger partial charge < -0.3 is 9.84 Å². The summed E-state index contributed by atoms with van der Waals surface area (Å²) in [6, 6.07) is 0. The molecule has 0 bridgehead atoms. The molecule has 0 radical (unpaired) electrons. The molecule has 0 spiro atoms. The molecule has 1 N–H and O–H groups in total. The zero-order valence-electron chi connectivity index (χ0n) is 11.2. The Hall–Kier alpha value is -0.570. The molecule has 0 aromatic carbocycles. The molecule has 0 aliphatic heterocycles. The Morgan fingerprint density at radius 2 is 2.12 bits per heavy atom. The highest BCUT2D eigenvalue weighted by atomic mass is 16.5. The predicted molar refractivity (Wildman–Crippen MR) is 67.7 cm³/mol. The topological polar surface area (TPSA) is 46.5 Å². The van der Waals surface area contributed by atoms with Gasteiger partial charge in [-0.2, -0.15) is 0 Å². The molecular formula is C14H26O3. The van der Waals surface area contributed by atoms with Crippen molar-refractivity contribution >= 4 is 5.97 Å². The van der Waals surface area contributed by atoms with Gasteiger partial charge in [0.25, 0.3) is 0 Å². The molecule has 100 valence electrons. The number of aliphatic hydroxyl groups is 1. The van der Waals surface area contributed by atoms with E-state index >= 15 is 0 Å². The molecule has 1 rings (SSSR count). The quantitative estimate of drug-likeness (QED) is 0.595. The first-order chi connectivity index (χ1) is 8.09. The van der Waals surface area contributed by atoms with Crippen LogP contribution in [-0.4, -0.2) is 23.3 Å². The fraction of sp³-hybridized carbons (Fsp3) is 0.929. The number of esters is 1. The van der Waals surface area contributed by atoms with Crippen molar-refractivity contribution < 1.29 is 14.6 Å². The van der Waals surface area contributed by atoms with E-state index in [0.29, 0.717) is 19.4 Å². The molecule has 0 heterocycles. The molecule has 2 atom stereocenters. The van der Waals surface area contributed by atoms with E-state index in [9.17, 15) is 9.90 Å². The molecule has 0 amide bonds. The Labute approximate surface area is 105 Å². The molecule has 3 heteroatoms. The van der Waals surface area contributed by atoms with Crippen molar-refractivity contribution in [1.82, 2.24) is 0 Å². The van der Waals surface area contributed by atoms with E-state index in [2.05, 4.69) is 6.92 Å². The molecule has 2 unspecified atom stereocenters. The van der Waals surface area contributed by atoms with Crippen molar-refractivity contribution in [1.29, 1.82) is 0 Å². The Morgan fingerprint density at radius 3 is 2.76 bits per heavy atom. The normalized spacial score (nSPS) is 29.7. The lowest BCUT2D eigenvalue weighted by molar-refractivity contribution is -0.144. The lowest BCUT2D eigenvalue weighted by Crippen LogP contribution is -2.29. The van der Waals surface area contributed by atoms with E-state index in [1.54, 1.807) is 0 Å². The van der Waals surface area contributed by atoms with Crippen LogP contribution < -0.4 is 0 Å². The number of carbonyl (C=O) groups excluding carboxylic acids is 1. The van der Waals surface area contributed by atoms with Gasteiger partial charge in [0.2, 0.25) is 0 Å². The van der Waals surface area contributed by atoms with Gasteiger partial charge in [0.1, 0.15) is 0 Å². The van der Waals surface area contributed by atoms with Gasteiger partial charge >= 0.3 is 5.97 Å². The van der Waals surface area contributed by atoms with Crippen LogP contribution in [0, 0.1) is 5.92 Å². The fourth-order valence-corrected chi connectivity index (χ4v) is 2.69. The van der Waals surface area contributed by atoms with Crippen LogP contribution in [0.5, 0.6) is 0 Å². The largest absolute Gasteiger partial charge is 0.466 e. The van der Waals surface area contributed by atoms with Gasteiger partial charge in [0, 0.05) is 6.42 Å². The highest BCUT2D eigenvalue weighted by molar-refractivity contribution is 5.69. The van der Waals surface area contributed by atoms with Gasteiger partial charge in [-0.3, -0.25) is 4.79 Å². The summed E-state index contributed by atoms with van der Waals surface area (Å²) in [5, 5.41) is 10.5. The van der Waals surface area contributed by atoms with Crippen molar-refractivity contribution in [3.63, 3.8) is 0 Å². The number of hydrogen-bond acceptors (Lipinski definition) is 3. The summed E-state index contributed by atoms with van der Waals surface area (Å²) >= 11 is 0. The average molecular weight is 242 g/mol. The third kappa shape index (κ3) is 5.07. The maximum atomic E-state index is 11.3. The van der Waals surface area contributed by atoms with Crippen molar-refractivity contribution in [2.75, 3.05) is 6.61 Å². The zero-order valence-corrected chi connectivity index (χ0v) is 11.2. The monoisotopic (exact) mass is 242 g/mol. The van der Waals surface area contributed by atoms with Crippen LogP contribution in [0.1, 0.15) is 65.2 Å². The minimum atomic E-state index is -0.628. The Balaban J connectivity index is 2.37. The second kappa shape index (κ2) is 7.00. The van der Waals surface area contributed by atoms with Gasteiger partial charge in [-0.1, -0.05) is 26.2 Å². The van der Waals surface area contributed by atoms with Crippen LogP contribution in [0.4, 0.5) is 0 Å². The molecule has 1 saturated carbocycles. The van der Waals surface area contributed by atoms with E-state index in [0.717, 1.165) is 31.6 Å². The maximum absolute atomic E-state index is 11.3. The molecule has 17 heavy (non-hydrogen) atoms. The molecule has 0 aromatic rings. The van der Waals surface area contributed by atoms with Crippen LogP contribution in [0.15, 0.2) is 0 Å². The second-order valence-corrected chi connectivity index (χ2v) is 5.23. The van der Waals surface area contributed by atoms with E-state index in [-0.39, 0.29) is 5.97 Å². The summed E-state index contributed by atoms with van der Waals surface area (Å²) in [7, 11) is 0. The average Bonchev–Trinajstić information content (AvgIpc) is 2.50. The lowest BCUT2D eigenvalue weighted by atomic mass is 9.89. The Kier molecular flexibility index (Phi) is 5.96. The number of ether oxygens (including phenoxy) is 1. The number of hydrogen-bond donors (Lipinski definition) is 1. The van der Waals surface area contributed by atoms with Crippen LogP contribution in [0.25, 0.3) is 0 Å². The van der Waals surface area contributed by atoms with Gasteiger partial charge in [0.15, 0.2) is 0 Å². The predicted octanol–water partition coefficient (Wildman–Crippen LogP) is 3.05. The van der Waals surface area contributed by atoms with Crippen molar-refractivity contribution in [3.8, 4) is 0 Å². The Bertz CT molecular complexity index is 240. The summed E-state index contributed by atoms with van der Waals surface area (Å²) < 4.78 is 4.90. The van der Waals surface area contributed by atoms with Gasteiger partial charge in [-0.25, -0.2) is 0 Å². The molecule has 0 aromatic heterocycles. The maximum Gasteiger partial charge on any atom is 0.305 e. The van der Waals surface area contributed by atoms with Gasteiger partial charge in [0.05, 0.1) is 12.2 Å². The first kappa shape index (κ1) is 14.5. The van der Waals surface area contributed by atoms with E-state index in [1.807, 2.05) is 6.92 Å². The standard InChI is InChI=1S/C14H26O3/c1-3-12-6-5-9-14(16,10-7-12)11-8-13(15)17-4-2/h12,16H,3-11H2,1-2H3. The molecule has 0 saturated heterocycles. The van der Waals surface area contributed by atoms with Crippen LogP contribution >= 0.6 is 0 Å². The minimum Gasteiger partial charge on any atom is -0.466 e. The highest BCUT2D eigenvalue weighted by Gasteiger charge is 2.30. The summed E-state index contributed by atoms with van der Waals surface area (Å²) in [6.07, 6.45) is 7.18. The molecule has 1 aliphatic carbocycles. The lowest BCUT2D eigenvalue weighted by Gasteiger charge is -2.26. The third-order valence-electron chi connectivity index (χ3n) is 3.95. The smallest absolute Gasteiger partial charge is 0.305 e. The SMILES string of the molecule is CCOC(=O)CCC1(O)CCCC(CC)CC1. The first-order valence-corrected chi connectivity index (χ1v) is 6.97. The minimum absolute atomic E-state index is 0.183. The third-order valence-corrected chi connectivity index (χ3v) is 3.95. The number of rotatable bonds is 5. The van der Waals surface area contributed by atoms with E-state index in [1.165, 1.54) is 12.8 Å². The van der Waals surface area contributed by atoms with E-state index in [4.69, 9.17) is 4.74 Å². The van der Waals surface area contributed by atoms with E-state index < -0.39 is 5.60 Å². The van der Waals surface area contributed by atoms with Gasteiger partial charge in [-0.15, -0.1) is 0 Å². The Morgan fingerprint density at radius 1 is 1.35 bits per heavy atom. The van der Waals surface area contributed by atoms with Crippen molar-refractivity contribution in [2.45, 2.75) is 70.8 Å². The highest BCUT2D eigenvalue weighted by Crippen LogP contribution is 2.34. The molecule has 1 aliphatic rings. The summed E-state index contributed by atoms with van der Waals surface area (Å²) in [5.74, 6) is 0.573. The summed E-state index contributed by atoms with van der Waals surface area (Å²) in [4.78, 5) is 11.3. The first-order valence-electron chi connectivity index (χ1n) is 6.97. The second-order valence-electron chi connectivity index (χ2n) is 5.23. The summed E-state index contributed by atoms with van der Waals surface area (Å²) in [6.45, 7) is 4.45. The van der Waals surface area contributed by atoms with Crippen LogP contribution in [-0.2, 0) is 9.53 Å². The van der Waals surface area contributed by atoms with Crippen molar-refractivity contribution in [3.05, 3.63) is 0 Å². The summed E-state index contributed by atoms with van der Waals surface area (Å²) in [5.41, 5.74) is -0.628.